The summed E-state index contributed by atoms with van der Waals surface area (Å²) in [5.41, 5.74) is 0.181. The van der Waals surface area contributed by atoms with E-state index in [0.717, 1.165) is 0 Å². The monoisotopic (exact) mass is 257 g/mol. The molecule has 0 radical (unpaired) electrons. The second-order valence-electron chi connectivity index (χ2n) is 3.98. The maximum Gasteiger partial charge on any atom is 0.426 e. The number of nitrogens with zero attached hydrogens (tertiary/aromatic N) is 1. The van der Waals surface area contributed by atoms with Crippen molar-refractivity contribution in [1.29, 1.82) is 0 Å². The molecule has 3 aromatic rings. The third-order valence-corrected chi connectivity index (χ3v) is 2.81. The number of benzene rings is 2. The minimum absolute atomic E-state index is 0.298. The zero-order valence-corrected chi connectivity index (χ0v) is 9.67. The summed E-state index contributed by atoms with van der Waals surface area (Å²) >= 11 is 0. The third kappa shape index (κ3) is 1.85. The zero-order valence-electron chi connectivity index (χ0n) is 9.67. The van der Waals surface area contributed by atoms with Crippen molar-refractivity contribution in [1.82, 2.24) is 4.57 Å². The number of halogens is 1. The van der Waals surface area contributed by atoms with Crippen molar-refractivity contribution in [2.45, 2.75) is 0 Å². The molecule has 4 nitrogen and oxygen atoms in total. The van der Waals surface area contributed by atoms with E-state index >= 15 is 0 Å². The Balaban J connectivity index is 2.44. The number of aromatic nitrogens is 1. The second-order valence-corrected chi connectivity index (χ2v) is 3.98. The van der Waals surface area contributed by atoms with E-state index in [0.29, 0.717) is 16.6 Å². The van der Waals surface area contributed by atoms with Crippen LogP contribution in [0.25, 0.3) is 16.6 Å². The van der Waals surface area contributed by atoms with Crippen LogP contribution >= 0.6 is 0 Å². The molecule has 0 aliphatic carbocycles. The van der Waals surface area contributed by atoms with Crippen LogP contribution in [0.15, 0.2) is 62.5 Å². The Hall–Kier alpha value is -2.69. The average molecular weight is 257 g/mol. The Bertz CT molecular complexity index is 862. The van der Waals surface area contributed by atoms with Gasteiger partial charge in [0.2, 0.25) is 0 Å². The predicted molar refractivity (Wildman–Crippen MR) is 68.0 cm³/mol. The molecule has 3 rings (SSSR count). The Kier molecular flexibility index (Phi) is 2.52. The third-order valence-electron chi connectivity index (χ3n) is 2.81. The van der Waals surface area contributed by atoms with Crippen molar-refractivity contribution < 1.29 is 8.81 Å². The van der Waals surface area contributed by atoms with Crippen molar-refractivity contribution in [3.63, 3.8) is 0 Å². The summed E-state index contributed by atoms with van der Waals surface area (Å²) < 4.78 is 18.8. The molecule has 0 N–H and O–H groups in total. The number of rotatable bonds is 1. The summed E-state index contributed by atoms with van der Waals surface area (Å²) in [5, 5.41) is 0.298. The van der Waals surface area contributed by atoms with Crippen LogP contribution < -0.4 is 11.4 Å². The number of fused-ring (bicyclic) bond motifs is 1. The Morgan fingerprint density at radius 1 is 0.947 bits per heavy atom. The highest BCUT2D eigenvalue weighted by molar-refractivity contribution is 5.78. The summed E-state index contributed by atoms with van der Waals surface area (Å²) in [5.74, 6) is -1.20. The van der Waals surface area contributed by atoms with E-state index in [1.807, 2.05) is 0 Å². The van der Waals surface area contributed by atoms with Crippen molar-refractivity contribution in [3.8, 4) is 5.69 Å². The average Bonchev–Trinajstić information content (AvgIpc) is 2.41. The topological polar surface area (TPSA) is 52.2 Å². The molecule has 0 bridgehead atoms. The van der Waals surface area contributed by atoms with Gasteiger partial charge in [-0.3, -0.25) is 0 Å². The van der Waals surface area contributed by atoms with E-state index in [1.54, 1.807) is 24.3 Å². The van der Waals surface area contributed by atoms with E-state index in [4.69, 9.17) is 0 Å². The lowest BCUT2D eigenvalue weighted by atomic mass is 10.2. The predicted octanol–water partition coefficient (Wildman–Crippen LogP) is 2.08. The largest absolute Gasteiger partial charge is 0.426 e. The summed E-state index contributed by atoms with van der Waals surface area (Å²) in [6.07, 6.45) is 0. The highest BCUT2D eigenvalue weighted by Crippen LogP contribution is 2.14. The molecule has 0 amide bonds. The van der Waals surface area contributed by atoms with Crippen molar-refractivity contribution in [2.75, 3.05) is 0 Å². The summed E-state index contributed by atoms with van der Waals surface area (Å²) in [7, 11) is 0. The van der Waals surface area contributed by atoms with Crippen molar-refractivity contribution in [3.05, 3.63) is 75.3 Å². The normalized spacial score (nSPS) is 10.8. The van der Waals surface area contributed by atoms with E-state index in [1.165, 1.54) is 28.8 Å². The molecular formula is C14H8FNO3. The van der Waals surface area contributed by atoms with Crippen molar-refractivity contribution >= 4 is 10.9 Å². The van der Waals surface area contributed by atoms with Crippen LogP contribution in [0.2, 0.25) is 0 Å². The van der Waals surface area contributed by atoms with Gasteiger partial charge in [0.1, 0.15) is 5.82 Å². The number of hydrogen-bond acceptors (Lipinski definition) is 3. The maximum atomic E-state index is 12.9. The Morgan fingerprint density at radius 3 is 2.37 bits per heavy atom. The van der Waals surface area contributed by atoms with Gasteiger partial charge in [0.25, 0.3) is 0 Å². The Morgan fingerprint density at radius 2 is 1.63 bits per heavy atom. The molecule has 0 unspecified atom stereocenters. The highest BCUT2D eigenvalue weighted by Gasteiger charge is 2.10. The molecule has 2 aromatic carbocycles. The van der Waals surface area contributed by atoms with E-state index in [9.17, 15) is 14.0 Å². The van der Waals surface area contributed by atoms with Crippen LogP contribution in [0.5, 0.6) is 0 Å². The SMILES string of the molecule is O=c1oc(=O)n(-c2ccc(F)cc2)c2ccccc12. The lowest BCUT2D eigenvalue weighted by Gasteiger charge is -2.07. The van der Waals surface area contributed by atoms with Crippen LogP contribution in [0, 0.1) is 5.82 Å². The molecule has 19 heavy (non-hydrogen) atoms. The van der Waals surface area contributed by atoms with Gasteiger partial charge in [0.15, 0.2) is 0 Å². The van der Waals surface area contributed by atoms with Gasteiger partial charge < -0.3 is 4.42 Å². The fourth-order valence-electron chi connectivity index (χ4n) is 1.95. The molecule has 0 aliphatic rings. The molecule has 0 aliphatic heterocycles. The summed E-state index contributed by atoms with van der Waals surface area (Å²) in [6, 6.07) is 12.0. The van der Waals surface area contributed by atoms with E-state index < -0.39 is 17.2 Å². The first-order valence-corrected chi connectivity index (χ1v) is 5.58. The quantitative estimate of drug-likeness (QED) is 0.670. The first-order chi connectivity index (χ1) is 9.16. The molecule has 0 fully saturated rings. The van der Waals surface area contributed by atoms with Gasteiger partial charge in [-0.05, 0) is 36.4 Å². The molecule has 0 spiro atoms. The van der Waals surface area contributed by atoms with Crippen LogP contribution in [0.3, 0.4) is 0 Å². The van der Waals surface area contributed by atoms with Gasteiger partial charge in [-0.1, -0.05) is 12.1 Å². The molecule has 0 saturated carbocycles. The number of hydrogen-bond donors (Lipinski definition) is 0. The maximum absolute atomic E-state index is 12.9. The fraction of sp³-hybridized carbons (Fsp3) is 0. The standard InChI is InChI=1S/C14H8FNO3/c15-9-5-7-10(8-6-9)16-12-4-2-1-3-11(12)13(17)19-14(16)18/h1-8H. The minimum Gasteiger partial charge on any atom is -0.372 e. The first-order valence-electron chi connectivity index (χ1n) is 5.58. The molecule has 5 heteroatoms. The lowest BCUT2D eigenvalue weighted by molar-refractivity contribution is 0.444. The van der Waals surface area contributed by atoms with Gasteiger partial charge in [-0.25, -0.2) is 18.5 Å². The molecule has 0 saturated heterocycles. The summed E-state index contributed by atoms with van der Waals surface area (Å²) in [6.45, 7) is 0. The van der Waals surface area contributed by atoms with Gasteiger partial charge in [-0.2, -0.15) is 0 Å². The van der Waals surface area contributed by atoms with Gasteiger partial charge in [0, 0.05) is 0 Å². The smallest absolute Gasteiger partial charge is 0.372 e. The molecule has 1 heterocycles. The second kappa shape index (κ2) is 4.20. The Labute approximate surface area is 106 Å². The molecular weight excluding hydrogens is 249 g/mol. The molecule has 1 aromatic heterocycles. The van der Waals surface area contributed by atoms with Gasteiger partial charge in [0.05, 0.1) is 16.6 Å². The van der Waals surface area contributed by atoms with Gasteiger partial charge >= 0.3 is 11.4 Å². The summed E-state index contributed by atoms with van der Waals surface area (Å²) in [4.78, 5) is 23.4. The van der Waals surface area contributed by atoms with Crippen molar-refractivity contribution in [2.24, 2.45) is 0 Å². The molecule has 0 atom stereocenters. The van der Waals surface area contributed by atoms with Crippen LogP contribution in [0.1, 0.15) is 0 Å². The molecule has 94 valence electrons. The van der Waals surface area contributed by atoms with Gasteiger partial charge in [-0.15, -0.1) is 0 Å². The van der Waals surface area contributed by atoms with Crippen LogP contribution in [-0.4, -0.2) is 4.57 Å². The highest BCUT2D eigenvalue weighted by atomic mass is 19.1. The van der Waals surface area contributed by atoms with E-state index in [-0.39, 0.29) is 0 Å². The minimum atomic E-state index is -0.796. The van der Waals surface area contributed by atoms with Crippen LogP contribution in [0.4, 0.5) is 4.39 Å². The number of para-hydroxylation sites is 1. The zero-order chi connectivity index (χ0) is 13.4. The van der Waals surface area contributed by atoms with E-state index in [2.05, 4.69) is 4.42 Å². The fourth-order valence-corrected chi connectivity index (χ4v) is 1.95. The lowest BCUT2D eigenvalue weighted by Crippen LogP contribution is -2.23. The first kappa shape index (κ1) is 11.4. The van der Waals surface area contributed by atoms with Crippen LogP contribution in [-0.2, 0) is 0 Å².